The lowest BCUT2D eigenvalue weighted by Crippen LogP contribution is -2.13. The van der Waals surface area contributed by atoms with E-state index in [0.717, 1.165) is 0 Å². The number of pyridine rings is 1. The summed E-state index contributed by atoms with van der Waals surface area (Å²) < 4.78 is 0. The fourth-order valence-electron chi connectivity index (χ4n) is 1.43. The molecule has 2 aromatic rings. The highest BCUT2D eigenvalue weighted by molar-refractivity contribution is 6.41. The zero-order chi connectivity index (χ0) is 14.5. The number of carbonyl (C=O) groups is 1. The Morgan fingerprint density at radius 1 is 1.45 bits per heavy atom. The van der Waals surface area contributed by atoms with Gasteiger partial charge in [-0.25, -0.2) is 4.98 Å². The highest BCUT2D eigenvalue weighted by atomic mass is 35.5. The molecule has 2 rings (SSSR count). The smallest absolute Gasteiger partial charge is 0.273 e. The van der Waals surface area contributed by atoms with Gasteiger partial charge >= 0.3 is 0 Å². The van der Waals surface area contributed by atoms with Gasteiger partial charge in [-0.1, -0.05) is 35.2 Å². The van der Waals surface area contributed by atoms with E-state index in [-0.39, 0.29) is 22.4 Å². The summed E-state index contributed by atoms with van der Waals surface area (Å²) in [6.45, 7) is 0.248. The van der Waals surface area contributed by atoms with Crippen LogP contribution in [0.4, 0.5) is 5.82 Å². The molecule has 0 fully saturated rings. The van der Waals surface area contributed by atoms with Gasteiger partial charge < -0.3 is 16.0 Å². The van der Waals surface area contributed by atoms with Crippen molar-refractivity contribution >= 4 is 34.9 Å². The highest BCUT2D eigenvalue weighted by Crippen LogP contribution is 2.22. The number of aromatic nitrogens is 2. The molecule has 0 unspecified atom stereocenters. The van der Waals surface area contributed by atoms with Gasteiger partial charge in [-0.3, -0.25) is 4.79 Å². The van der Waals surface area contributed by atoms with E-state index in [4.69, 9.17) is 28.9 Å². The number of nitrogens with two attached hydrogens (primary N) is 1. The van der Waals surface area contributed by atoms with Gasteiger partial charge in [0, 0.05) is 0 Å². The average Bonchev–Trinajstić information content (AvgIpc) is 2.77. The van der Waals surface area contributed by atoms with Gasteiger partial charge in [-0.05, 0) is 24.1 Å². The first kappa shape index (κ1) is 14.4. The van der Waals surface area contributed by atoms with Gasteiger partial charge in [0.15, 0.2) is 0 Å². The highest BCUT2D eigenvalue weighted by Gasteiger charge is 2.12. The largest absolute Gasteiger partial charge is 0.340 e. The number of aromatic amines is 1. The molecule has 0 bridgehead atoms. The Morgan fingerprint density at radius 2 is 2.25 bits per heavy atom. The van der Waals surface area contributed by atoms with Crippen LogP contribution in [0.15, 0.2) is 24.3 Å². The lowest BCUT2D eigenvalue weighted by molar-refractivity contribution is 0.102. The second-order valence-electron chi connectivity index (χ2n) is 3.71. The molecule has 0 aromatic carbocycles. The molecule has 4 N–H and O–H groups in total. The van der Waals surface area contributed by atoms with Crippen molar-refractivity contribution in [1.82, 2.24) is 9.97 Å². The molecule has 0 saturated heterocycles. The molecular formula is C13H10Cl2N4O. The molecule has 0 aliphatic rings. The van der Waals surface area contributed by atoms with Crippen molar-refractivity contribution in [3.63, 3.8) is 0 Å². The number of H-pyrrole nitrogens is 1. The molecule has 5 nitrogen and oxygen atoms in total. The normalized spacial score (nSPS) is 9.75. The van der Waals surface area contributed by atoms with E-state index >= 15 is 0 Å². The molecule has 0 atom stereocenters. The SMILES string of the molecule is NCC#Cc1cccc(NC(=O)c2cc(Cl)c(Cl)[nH]2)n1. The number of anilines is 1. The first-order valence-electron chi connectivity index (χ1n) is 5.61. The van der Waals surface area contributed by atoms with Crippen LogP contribution in [0.5, 0.6) is 0 Å². The van der Waals surface area contributed by atoms with Gasteiger partial charge in [-0.2, -0.15) is 0 Å². The average molecular weight is 309 g/mol. The summed E-state index contributed by atoms with van der Waals surface area (Å²) in [5.41, 5.74) is 6.06. The van der Waals surface area contributed by atoms with Crippen LogP contribution < -0.4 is 11.1 Å². The van der Waals surface area contributed by atoms with E-state index in [9.17, 15) is 4.79 Å². The molecule has 102 valence electrons. The summed E-state index contributed by atoms with van der Waals surface area (Å²) >= 11 is 11.5. The van der Waals surface area contributed by atoms with Crippen molar-refractivity contribution in [2.45, 2.75) is 0 Å². The van der Waals surface area contributed by atoms with Crippen molar-refractivity contribution in [2.24, 2.45) is 5.73 Å². The summed E-state index contributed by atoms with van der Waals surface area (Å²) in [4.78, 5) is 18.8. The van der Waals surface area contributed by atoms with Gasteiger partial charge in [0.25, 0.3) is 5.91 Å². The van der Waals surface area contributed by atoms with E-state index in [1.54, 1.807) is 18.2 Å². The summed E-state index contributed by atoms with van der Waals surface area (Å²) in [5.74, 6) is 5.45. The maximum atomic E-state index is 11.9. The lowest BCUT2D eigenvalue weighted by Gasteiger charge is -2.02. The van der Waals surface area contributed by atoms with Crippen LogP contribution in [0.2, 0.25) is 10.2 Å². The third-order valence-electron chi connectivity index (χ3n) is 2.28. The van der Waals surface area contributed by atoms with Crippen LogP contribution in [0.1, 0.15) is 16.2 Å². The van der Waals surface area contributed by atoms with Crippen molar-refractivity contribution in [2.75, 3.05) is 11.9 Å². The zero-order valence-electron chi connectivity index (χ0n) is 10.2. The Balaban J connectivity index is 2.15. The van der Waals surface area contributed by atoms with Crippen LogP contribution in [-0.2, 0) is 0 Å². The van der Waals surface area contributed by atoms with Gasteiger partial charge in [0.2, 0.25) is 0 Å². The zero-order valence-corrected chi connectivity index (χ0v) is 11.7. The first-order valence-corrected chi connectivity index (χ1v) is 6.37. The van der Waals surface area contributed by atoms with Crippen LogP contribution in [0.3, 0.4) is 0 Å². The number of rotatable bonds is 2. The monoisotopic (exact) mass is 308 g/mol. The molecule has 0 aliphatic carbocycles. The van der Waals surface area contributed by atoms with E-state index in [1.165, 1.54) is 6.07 Å². The molecular weight excluding hydrogens is 299 g/mol. The van der Waals surface area contributed by atoms with Crippen molar-refractivity contribution in [1.29, 1.82) is 0 Å². The second kappa shape index (κ2) is 6.44. The maximum absolute atomic E-state index is 11.9. The molecule has 2 aromatic heterocycles. The fraction of sp³-hybridized carbons (Fsp3) is 0.0769. The van der Waals surface area contributed by atoms with Crippen LogP contribution in [-0.4, -0.2) is 22.4 Å². The van der Waals surface area contributed by atoms with Gasteiger partial charge in [0.1, 0.15) is 22.4 Å². The Bertz CT molecular complexity index is 680. The minimum atomic E-state index is -0.393. The molecule has 2 heterocycles. The van der Waals surface area contributed by atoms with Crippen LogP contribution >= 0.6 is 23.2 Å². The quantitative estimate of drug-likeness (QED) is 0.744. The lowest BCUT2D eigenvalue weighted by atomic mass is 10.3. The molecule has 7 heteroatoms. The van der Waals surface area contributed by atoms with Gasteiger partial charge in [-0.15, -0.1) is 0 Å². The summed E-state index contributed by atoms with van der Waals surface area (Å²) in [5, 5.41) is 3.12. The Hall–Kier alpha value is -2.00. The van der Waals surface area contributed by atoms with Crippen molar-refractivity contribution in [3.05, 3.63) is 45.8 Å². The minimum absolute atomic E-state index is 0.215. The molecule has 0 aliphatic heterocycles. The second-order valence-corrected chi connectivity index (χ2v) is 4.50. The number of nitrogens with one attached hydrogen (secondary N) is 2. The van der Waals surface area contributed by atoms with Crippen molar-refractivity contribution < 1.29 is 4.79 Å². The predicted molar refractivity (Wildman–Crippen MR) is 78.9 cm³/mol. The predicted octanol–water partition coefficient (Wildman–Crippen LogP) is 2.28. The molecule has 0 radical (unpaired) electrons. The summed E-state index contributed by atoms with van der Waals surface area (Å²) in [7, 11) is 0. The molecule has 20 heavy (non-hydrogen) atoms. The summed E-state index contributed by atoms with van der Waals surface area (Å²) in [6.07, 6.45) is 0. The van der Waals surface area contributed by atoms with Crippen LogP contribution in [0.25, 0.3) is 0 Å². The number of carbonyl (C=O) groups excluding carboxylic acids is 1. The van der Waals surface area contributed by atoms with Crippen molar-refractivity contribution in [3.8, 4) is 11.8 Å². The standard InChI is InChI=1S/C13H10Cl2N4O/c14-9-7-10(18-12(9)15)13(20)19-11-5-1-3-8(17-11)4-2-6-16/h1,3,5,7,18H,6,16H2,(H,17,19,20). The Labute approximate surface area is 125 Å². The van der Waals surface area contributed by atoms with Crippen LogP contribution in [0, 0.1) is 11.8 Å². The summed E-state index contributed by atoms with van der Waals surface area (Å²) in [6, 6.07) is 6.55. The first-order chi connectivity index (χ1) is 9.60. The third kappa shape index (κ3) is 3.52. The fourth-order valence-corrected chi connectivity index (χ4v) is 1.74. The number of nitrogens with zero attached hydrogens (tertiary/aromatic N) is 1. The molecule has 0 saturated carbocycles. The number of amides is 1. The maximum Gasteiger partial charge on any atom is 0.273 e. The van der Waals surface area contributed by atoms with E-state index in [1.807, 2.05) is 0 Å². The van der Waals surface area contributed by atoms with E-state index < -0.39 is 5.91 Å². The number of hydrogen-bond acceptors (Lipinski definition) is 3. The third-order valence-corrected chi connectivity index (χ3v) is 2.97. The molecule has 1 amide bonds. The van der Waals surface area contributed by atoms with Gasteiger partial charge in [0.05, 0.1) is 11.6 Å². The topological polar surface area (TPSA) is 83.8 Å². The Morgan fingerprint density at radius 3 is 2.90 bits per heavy atom. The van der Waals surface area contributed by atoms with E-state index in [0.29, 0.717) is 11.5 Å². The number of hydrogen-bond donors (Lipinski definition) is 3. The molecule has 0 spiro atoms. The minimum Gasteiger partial charge on any atom is -0.340 e. The number of halogens is 2. The van der Waals surface area contributed by atoms with E-state index in [2.05, 4.69) is 27.1 Å². The Kier molecular flexibility index (Phi) is 4.64.